The Bertz CT molecular complexity index is 199. The second-order valence-corrected chi connectivity index (χ2v) is 3.42. The molecule has 4 N–H and O–H groups in total. The summed E-state index contributed by atoms with van der Waals surface area (Å²) in [4.78, 5) is 21.5. The minimum atomic E-state index is -0.642. The largest absolute Gasteiger partial charge is 0.444 e. The lowest BCUT2D eigenvalue weighted by Gasteiger charge is -2.19. The van der Waals surface area contributed by atoms with Gasteiger partial charge in [-0.25, -0.2) is 10.6 Å². The van der Waals surface area contributed by atoms with Crippen molar-refractivity contribution in [2.75, 3.05) is 6.54 Å². The van der Waals surface area contributed by atoms with Crippen LogP contribution in [0, 0.1) is 0 Å². The summed E-state index contributed by atoms with van der Waals surface area (Å²) in [6.45, 7) is 9.01. The van der Waals surface area contributed by atoms with Crippen molar-refractivity contribution in [1.82, 2.24) is 10.7 Å². The third-order valence-corrected chi connectivity index (χ3v) is 0.953. The normalized spacial score (nSPS) is 9.47. The fourth-order valence-corrected chi connectivity index (χ4v) is 0.518. The molecule has 0 aromatic heterocycles. The van der Waals surface area contributed by atoms with Gasteiger partial charge >= 0.3 is 6.09 Å². The Balaban J connectivity index is 0. The molecule has 0 aliphatic rings. The van der Waals surface area contributed by atoms with E-state index in [4.69, 9.17) is 10.6 Å². The van der Waals surface area contributed by atoms with Crippen LogP contribution in [0.25, 0.3) is 0 Å². The average molecular weight is 219 g/mol. The van der Waals surface area contributed by atoms with Gasteiger partial charge in [-0.15, -0.1) is 0 Å². The Morgan fingerprint density at radius 1 is 1.27 bits per heavy atom. The molecule has 90 valence electrons. The second-order valence-electron chi connectivity index (χ2n) is 3.42. The lowest BCUT2D eigenvalue weighted by atomic mass is 10.2. The minimum absolute atomic E-state index is 0.189. The molecule has 0 aromatic carbocycles. The van der Waals surface area contributed by atoms with E-state index in [1.165, 1.54) is 0 Å². The van der Waals surface area contributed by atoms with Crippen molar-refractivity contribution in [1.29, 1.82) is 0 Å². The number of nitrogens with two attached hydrogens (primary N) is 1. The van der Waals surface area contributed by atoms with Gasteiger partial charge in [-0.3, -0.25) is 10.2 Å². The van der Waals surface area contributed by atoms with Crippen LogP contribution in [0.2, 0.25) is 0 Å². The minimum Gasteiger partial charge on any atom is -0.444 e. The SMILES string of the molecule is CC.CC(C)(C)OC(=O)NCC(=O)NN. The van der Waals surface area contributed by atoms with E-state index in [1.54, 1.807) is 20.8 Å². The van der Waals surface area contributed by atoms with Gasteiger partial charge in [0.15, 0.2) is 0 Å². The summed E-state index contributed by atoms with van der Waals surface area (Å²) >= 11 is 0. The first-order chi connectivity index (χ1) is 6.85. The summed E-state index contributed by atoms with van der Waals surface area (Å²) in [7, 11) is 0. The fraction of sp³-hybridized carbons (Fsp3) is 0.778. The molecule has 0 radical (unpaired) electrons. The highest BCUT2D eigenvalue weighted by molar-refractivity contribution is 5.81. The summed E-state index contributed by atoms with van der Waals surface area (Å²) in [5, 5.41) is 2.24. The molecule has 0 bridgehead atoms. The molecule has 0 atom stereocenters. The Hall–Kier alpha value is -1.30. The molecule has 0 fully saturated rings. The molecule has 0 heterocycles. The first kappa shape index (κ1) is 16.1. The molecule has 2 amide bonds. The van der Waals surface area contributed by atoms with Gasteiger partial charge in [0.25, 0.3) is 5.91 Å². The van der Waals surface area contributed by atoms with Crippen molar-refractivity contribution in [2.24, 2.45) is 5.84 Å². The predicted octanol–water partition coefficient (Wildman–Crippen LogP) is 0.527. The van der Waals surface area contributed by atoms with E-state index < -0.39 is 17.6 Å². The molecular weight excluding hydrogens is 198 g/mol. The van der Waals surface area contributed by atoms with E-state index in [0.717, 1.165) is 0 Å². The summed E-state index contributed by atoms with van der Waals surface area (Å²) in [6.07, 6.45) is -0.642. The number of amides is 2. The second kappa shape index (κ2) is 8.05. The highest BCUT2D eigenvalue weighted by Crippen LogP contribution is 2.05. The van der Waals surface area contributed by atoms with Gasteiger partial charge in [0.05, 0.1) is 0 Å². The number of rotatable bonds is 2. The molecular formula is C9H21N3O3. The number of nitrogens with one attached hydrogen (secondary N) is 2. The fourth-order valence-electron chi connectivity index (χ4n) is 0.518. The quantitative estimate of drug-likeness (QED) is 0.359. The standard InChI is InChI=1S/C7H15N3O3.C2H6/c1-7(2,3)13-6(12)9-4-5(11)10-8;1-2/h4,8H2,1-3H3,(H,9,12)(H,10,11);1-2H3. The van der Waals surface area contributed by atoms with E-state index in [9.17, 15) is 9.59 Å². The topological polar surface area (TPSA) is 93.4 Å². The maximum atomic E-state index is 10.9. The number of hydrazine groups is 1. The van der Waals surface area contributed by atoms with Gasteiger partial charge < -0.3 is 10.1 Å². The van der Waals surface area contributed by atoms with Crippen LogP contribution >= 0.6 is 0 Å². The van der Waals surface area contributed by atoms with Crippen LogP contribution in [0.5, 0.6) is 0 Å². The lowest BCUT2D eigenvalue weighted by Crippen LogP contribution is -2.41. The molecule has 0 saturated carbocycles. The molecule has 15 heavy (non-hydrogen) atoms. The Morgan fingerprint density at radius 3 is 2.07 bits per heavy atom. The van der Waals surface area contributed by atoms with Gasteiger partial charge in [0.1, 0.15) is 12.1 Å². The molecule has 6 nitrogen and oxygen atoms in total. The lowest BCUT2D eigenvalue weighted by molar-refractivity contribution is -0.120. The van der Waals surface area contributed by atoms with Crippen molar-refractivity contribution >= 4 is 12.0 Å². The van der Waals surface area contributed by atoms with Gasteiger partial charge in [0, 0.05) is 0 Å². The van der Waals surface area contributed by atoms with Crippen LogP contribution in [-0.4, -0.2) is 24.1 Å². The molecule has 0 aliphatic carbocycles. The van der Waals surface area contributed by atoms with Crippen LogP contribution in [0.4, 0.5) is 4.79 Å². The first-order valence-corrected chi connectivity index (χ1v) is 4.81. The van der Waals surface area contributed by atoms with Gasteiger partial charge in [-0.1, -0.05) is 13.8 Å². The van der Waals surface area contributed by atoms with Crippen LogP contribution < -0.4 is 16.6 Å². The number of carbonyl (C=O) groups excluding carboxylic acids is 2. The zero-order valence-electron chi connectivity index (χ0n) is 10.0. The smallest absolute Gasteiger partial charge is 0.408 e. The van der Waals surface area contributed by atoms with Gasteiger partial charge in [-0.2, -0.15) is 0 Å². The van der Waals surface area contributed by atoms with E-state index in [0.29, 0.717) is 0 Å². The van der Waals surface area contributed by atoms with Crippen molar-refractivity contribution < 1.29 is 14.3 Å². The summed E-state index contributed by atoms with van der Waals surface area (Å²) in [5.74, 6) is 4.31. The zero-order chi connectivity index (χ0) is 12.5. The molecule has 0 aromatic rings. The van der Waals surface area contributed by atoms with Crippen molar-refractivity contribution in [3.63, 3.8) is 0 Å². The van der Waals surface area contributed by atoms with Gasteiger partial charge in [-0.05, 0) is 20.8 Å². The maximum Gasteiger partial charge on any atom is 0.408 e. The van der Waals surface area contributed by atoms with Crippen LogP contribution in [0.1, 0.15) is 34.6 Å². The highest BCUT2D eigenvalue weighted by Gasteiger charge is 2.16. The van der Waals surface area contributed by atoms with E-state index in [2.05, 4.69) is 5.32 Å². The molecule has 0 unspecified atom stereocenters. The Labute approximate surface area is 90.5 Å². The highest BCUT2D eigenvalue weighted by atomic mass is 16.6. The van der Waals surface area contributed by atoms with E-state index >= 15 is 0 Å². The molecule has 0 spiro atoms. The zero-order valence-corrected chi connectivity index (χ0v) is 10.0. The molecule has 0 rings (SSSR count). The Morgan fingerprint density at radius 2 is 1.73 bits per heavy atom. The van der Waals surface area contributed by atoms with Crippen LogP contribution in [0.15, 0.2) is 0 Å². The molecule has 0 saturated heterocycles. The predicted molar refractivity (Wildman–Crippen MR) is 57.9 cm³/mol. The van der Waals surface area contributed by atoms with E-state index in [1.807, 2.05) is 19.3 Å². The third kappa shape index (κ3) is 12.7. The average Bonchev–Trinajstić information content (AvgIpc) is 2.14. The van der Waals surface area contributed by atoms with Crippen LogP contribution in [0.3, 0.4) is 0 Å². The number of hydrogen-bond donors (Lipinski definition) is 3. The maximum absolute atomic E-state index is 10.9. The van der Waals surface area contributed by atoms with Gasteiger partial charge in [0.2, 0.25) is 0 Å². The van der Waals surface area contributed by atoms with Crippen molar-refractivity contribution in [2.45, 2.75) is 40.2 Å². The molecule has 0 aliphatic heterocycles. The summed E-state index contributed by atoms with van der Waals surface area (Å²) in [6, 6.07) is 0. The first-order valence-electron chi connectivity index (χ1n) is 4.81. The number of alkyl carbamates (subject to hydrolysis) is 1. The third-order valence-electron chi connectivity index (χ3n) is 0.953. The van der Waals surface area contributed by atoms with Crippen LogP contribution in [-0.2, 0) is 9.53 Å². The number of hydrogen-bond acceptors (Lipinski definition) is 4. The molecule has 6 heteroatoms. The Kier molecular flexibility index (Phi) is 8.66. The monoisotopic (exact) mass is 219 g/mol. The number of ether oxygens (including phenoxy) is 1. The van der Waals surface area contributed by atoms with Crippen molar-refractivity contribution in [3.05, 3.63) is 0 Å². The summed E-state index contributed by atoms with van der Waals surface area (Å²) < 4.78 is 4.86. The van der Waals surface area contributed by atoms with E-state index in [-0.39, 0.29) is 6.54 Å². The van der Waals surface area contributed by atoms with Crippen molar-refractivity contribution in [3.8, 4) is 0 Å². The number of carbonyl (C=O) groups is 2. The summed E-state index contributed by atoms with van der Waals surface area (Å²) in [5.41, 5.74) is 1.31.